The van der Waals surface area contributed by atoms with Crippen LogP contribution in [0.5, 0.6) is 5.75 Å². The van der Waals surface area contributed by atoms with Gasteiger partial charge in [-0.05, 0) is 61.9 Å². The lowest BCUT2D eigenvalue weighted by molar-refractivity contribution is -0.141. The van der Waals surface area contributed by atoms with Crippen LogP contribution >= 0.6 is 11.3 Å². The number of carbonyl (C=O) groups is 1. The summed E-state index contributed by atoms with van der Waals surface area (Å²) in [6.07, 6.45) is 5.87. The van der Waals surface area contributed by atoms with Gasteiger partial charge in [-0.15, -0.1) is 11.3 Å². The lowest BCUT2D eigenvalue weighted by Gasteiger charge is -2.38. The van der Waals surface area contributed by atoms with Crippen LogP contribution in [0.25, 0.3) is 10.2 Å². The van der Waals surface area contributed by atoms with E-state index >= 15 is 0 Å². The van der Waals surface area contributed by atoms with Crippen molar-refractivity contribution in [2.45, 2.75) is 45.8 Å². The predicted molar refractivity (Wildman–Crippen MR) is 135 cm³/mol. The molecule has 1 aliphatic carbocycles. The summed E-state index contributed by atoms with van der Waals surface area (Å²) in [5.41, 5.74) is 4.35. The number of rotatable bonds is 5. The number of fused-ring (bicyclic) bond motifs is 4. The Morgan fingerprint density at radius 2 is 2.17 bits per heavy atom. The highest BCUT2D eigenvalue weighted by Gasteiger charge is 2.37. The molecule has 8 nitrogen and oxygen atoms in total. The van der Waals surface area contributed by atoms with E-state index < -0.39 is 0 Å². The third-order valence-corrected chi connectivity index (χ3v) is 8.08. The molecule has 1 atom stereocenters. The van der Waals surface area contributed by atoms with Crippen molar-refractivity contribution < 1.29 is 9.53 Å². The van der Waals surface area contributed by atoms with Crippen LogP contribution < -0.4 is 10.1 Å². The smallest absolute Gasteiger partial charge is 0.226 e. The van der Waals surface area contributed by atoms with Gasteiger partial charge in [-0.25, -0.2) is 9.97 Å². The van der Waals surface area contributed by atoms with E-state index in [9.17, 15) is 4.79 Å². The van der Waals surface area contributed by atoms with Crippen LogP contribution in [0.2, 0.25) is 0 Å². The maximum absolute atomic E-state index is 12.9. The van der Waals surface area contributed by atoms with E-state index in [1.165, 1.54) is 10.4 Å². The molecular weight excluding hydrogens is 460 g/mol. The fourth-order valence-electron chi connectivity index (χ4n) is 5.13. The Morgan fingerprint density at radius 1 is 1.31 bits per heavy atom. The lowest BCUT2D eigenvalue weighted by atomic mass is 9.85. The van der Waals surface area contributed by atoms with Crippen molar-refractivity contribution in [1.29, 1.82) is 5.26 Å². The summed E-state index contributed by atoms with van der Waals surface area (Å²) in [5.74, 6) is 1.69. The predicted octanol–water partition coefficient (Wildman–Crippen LogP) is 4.24. The average Bonchev–Trinajstić information content (AvgIpc) is 3.41. The number of thiophene rings is 1. The number of carbonyl (C=O) groups excluding carboxylic acids is 1. The van der Waals surface area contributed by atoms with Crippen LogP contribution in [0, 0.1) is 23.2 Å². The zero-order valence-electron chi connectivity index (χ0n) is 19.7. The van der Waals surface area contributed by atoms with E-state index in [1.54, 1.807) is 17.7 Å². The maximum Gasteiger partial charge on any atom is 0.226 e. The van der Waals surface area contributed by atoms with Gasteiger partial charge in [0.25, 0.3) is 0 Å². The van der Waals surface area contributed by atoms with Crippen LogP contribution in [-0.2, 0) is 24.2 Å². The minimum atomic E-state index is -0.0263. The van der Waals surface area contributed by atoms with Crippen LogP contribution in [-0.4, -0.2) is 46.2 Å². The number of amides is 1. The Labute approximate surface area is 207 Å². The van der Waals surface area contributed by atoms with Gasteiger partial charge in [0.2, 0.25) is 5.91 Å². The lowest BCUT2D eigenvalue weighted by Crippen LogP contribution is -2.52. The van der Waals surface area contributed by atoms with Crippen molar-refractivity contribution in [3.8, 4) is 11.8 Å². The number of likely N-dealkylation sites (tertiary alicyclic amines) is 1. The topological polar surface area (TPSA) is 103 Å². The minimum Gasteiger partial charge on any atom is -0.489 e. The quantitative estimate of drug-likeness (QED) is 0.579. The van der Waals surface area contributed by atoms with E-state index in [0.29, 0.717) is 19.6 Å². The molecule has 3 aromatic rings. The summed E-state index contributed by atoms with van der Waals surface area (Å²) in [6, 6.07) is 6.39. The Hall–Kier alpha value is -3.51. The van der Waals surface area contributed by atoms with E-state index in [2.05, 4.69) is 38.5 Å². The van der Waals surface area contributed by atoms with Crippen LogP contribution in [0.1, 0.15) is 41.8 Å². The summed E-state index contributed by atoms with van der Waals surface area (Å²) in [4.78, 5) is 30.5. The van der Waals surface area contributed by atoms with Gasteiger partial charge in [0, 0.05) is 30.1 Å². The van der Waals surface area contributed by atoms with Crippen LogP contribution in [0.3, 0.4) is 0 Å². The van der Waals surface area contributed by atoms with Crippen molar-refractivity contribution >= 4 is 45.2 Å². The molecule has 178 valence electrons. The molecule has 1 fully saturated rings. The number of hydrogen-bond acceptors (Lipinski definition) is 8. The molecule has 1 unspecified atom stereocenters. The fraction of sp³-hybridized carbons (Fsp3) is 0.423. The summed E-state index contributed by atoms with van der Waals surface area (Å²) in [7, 11) is 0. The van der Waals surface area contributed by atoms with E-state index in [4.69, 9.17) is 10.00 Å². The number of ether oxygens (including phenoxy) is 1. The molecule has 2 aliphatic heterocycles. The highest BCUT2D eigenvalue weighted by Crippen LogP contribution is 2.42. The first-order valence-electron chi connectivity index (χ1n) is 12.0. The fourth-order valence-corrected chi connectivity index (χ4v) is 6.40. The number of aliphatic imine (C=N–C) groups is 1. The number of nitrogens with zero attached hydrogens (tertiary/aromatic N) is 5. The van der Waals surface area contributed by atoms with Crippen LogP contribution in [0.4, 0.5) is 11.5 Å². The normalized spacial score (nSPS) is 18.8. The van der Waals surface area contributed by atoms with Crippen molar-refractivity contribution in [2.75, 3.05) is 18.4 Å². The molecule has 0 radical (unpaired) electrons. The summed E-state index contributed by atoms with van der Waals surface area (Å²) in [6.45, 7) is 5.84. The molecule has 35 heavy (non-hydrogen) atoms. The number of aromatic nitrogens is 2. The number of aryl methyl sites for hydroxylation is 1. The Kier molecular flexibility index (Phi) is 5.41. The third-order valence-electron chi connectivity index (χ3n) is 6.92. The van der Waals surface area contributed by atoms with Crippen LogP contribution in [0.15, 0.2) is 23.5 Å². The van der Waals surface area contributed by atoms with Gasteiger partial charge in [-0.1, -0.05) is 0 Å². The van der Waals surface area contributed by atoms with Gasteiger partial charge < -0.3 is 15.0 Å². The first kappa shape index (κ1) is 22.0. The van der Waals surface area contributed by atoms with E-state index in [1.807, 2.05) is 25.0 Å². The van der Waals surface area contributed by atoms with Crippen molar-refractivity contribution in [1.82, 2.24) is 14.9 Å². The molecule has 1 amide bonds. The second-order valence-corrected chi connectivity index (χ2v) is 10.8. The van der Waals surface area contributed by atoms with Gasteiger partial charge in [0.15, 0.2) is 0 Å². The Morgan fingerprint density at radius 3 is 2.97 bits per heavy atom. The Balaban J connectivity index is 1.30. The number of benzene rings is 1. The maximum atomic E-state index is 12.9. The van der Waals surface area contributed by atoms with Gasteiger partial charge in [-0.3, -0.25) is 9.79 Å². The van der Waals surface area contributed by atoms with Crippen molar-refractivity contribution in [2.24, 2.45) is 16.8 Å². The van der Waals surface area contributed by atoms with Gasteiger partial charge in [-0.2, -0.15) is 5.26 Å². The number of nitriles is 1. The largest absolute Gasteiger partial charge is 0.489 e. The molecule has 4 heterocycles. The van der Waals surface area contributed by atoms with E-state index in [-0.39, 0.29) is 23.8 Å². The molecule has 0 bridgehead atoms. The van der Waals surface area contributed by atoms with E-state index in [0.717, 1.165) is 57.9 Å². The number of anilines is 2. The molecule has 0 spiro atoms. The molecule has 0 saturated carbocycles. The van der Waals surface area contributed by atoms with Crippen molar-refractivity contribution in [3.05, 3.63) is 40.0 Å². The molecular formula is C26H26N6O2S. The first-order chi connectivity index (χ1) is 17.0. The highest BCUT2D eigenvalue weighted by molar-refractivity contribution is 7.19. The minimum absolute atomic E-state index is 0.0126. The monoisotopic (exact) mass is 486 g/mol. The molecule has 1 N–H and O–H groups in total. The molecule has 3 aliphatic rings. The summed E-state index contributed by atoms with van der Waals surface area (Å²) >= 11 is 1.66. The molecule has 1 saturated heterocycles. The SMILES string of the molecule is CC(C)Oc1cc2c(cc1Nc1ncnc3sc4c(c13)CCC(C(=O)N1CC(C#N)C1)C4)C=NC2. The molecule has 1 aromatic carbocycles. The second-order valence-electron chi connectivity index (χ2n) is 9.72. The first-order valence-corrected chi connectivity index (χ1v) is 12.9. The number of nitrogens with one attached hydrogen (secondary N) is 1. The standard InChI is InChI=1S/C26H26N6O2S/c1-14(2)34-21-6-18-10-28-9-17(18)5-20(21)31-24-23-19-4-3-16(26(33)32-11-15(8-27)12-32)7-22(19)35-25(23)30-13-29-24/h5-6,9,13-16H,3-4,7,10-12H2,1-2H3,(H,29,30,31). The van der Waals surface area contributed by atoms with Gasteiger partial charge in [0.1, 0.15) is 22.7 Å². The highest BCUT2D eigenvalue weighted by atomic mass is 32.1. The molecule has 2 aromatic heterocycles. The summed E-state index contributed by atoms with van der Waals surface area (Å²) < 4.78 is 6.12. The zero-order valence-corrected chi connectivity index (χ0v) is 20.6. The third kappa shape index (κ3) is 3.92. The summed E-state index contributed by atoms with van der Waals surface area (Å²) in [5, 5.41) is 13.6. The van der Waals surface area contributed by atoms with Crippen molar-refractivity contribution in [3.63, 3.8) is 0 Å². The number of hydrogen-bond donors (Lipinski definition) is 1. The zero-order chi connectivity index (χ0) is 24.1. The second kappa shape index (κ2) is 8.61. The van der Waals surface area contributed by atoms with Gasteiger partial charge >= 0.3 is 0 Å². The molecule has 6 rings (SSSR count). The molecule has 9 heteroatoms. The van der Waals surface area contributed by atoms with Gasteiger partial charge in [0.05, 0.1) is 35.7 Å². The average molecular weight is 487 g/mol. The Bertz CT molecular complexity index is 1400.